The summed E-state index contributed by atoms with van der Waals surface area (Å²) in [7, 11) is -7.99. The predicted octanol–water partition coefficient (Wildman–Crippen LogP) is 5.32. The van der Waals surface area contributed by atoms with Crippen molar-refractivity contribution in [1.29, 1.82) is 0 Å². The first-order valence-corrected chi connectivity index (χ1v) is 15.5. The van der Waals surface area contributed by atoms with Gasteiger partial charge in [-0.2, -0.15) is 0 Å². The maximum Gasteiger partial charge on any atom is 0.269 e. The van der Waals surface area contributed by atoms with Gasteiger partial charge < -0.3 is 0 Å². The Bertz CT molecular complexity index is 1830. The molecule has 0 bridgehead atoms. The Morgan fingerprint density at radius 1 is 0.537 bits per heavy atom. The zero-order valence-corrected chi connectivity index (χ0v) is 24.5. The summed E-state index contributed by atoms with van der Waals surface area (Å²) in [6, 6.07) is 20.5. The molecule has 0 aromatic heterocycles. The van der Waals surface area contributed by atoms with Crippen LogP contribution in [0.4, 0.5) is 11.4 Å². The Hall–Kier alpha value is -3.81. The minimum absolute atomic E-state index is 0.0312. The standard InChI is InChI=1S/C26H19Cl3N4O6S2/c27-18-6-10-20(11-7-18)33-40(36,37)21-3-1-2-17(14-21)26(35)31-30-25(34)16-4-8-19(9-5-16)32-41(38,39)22-12-13-23(28)24(29)15-22/h1-15,32-33H,(H,30,34)(H,31,35). The number of carbonyl (C=O) groups is 2. The van der Waals surface area contributed by atoms with Gasteiger partial charge in [0, 0.05) is 27.5 Å². The molecule has 4 N–H and O–H groups in total. The van der Waals surface area contributed by atoms with E-state index in [4.69, 9.17) is 34.8 Å². The normalized spacial score (nSPS) is 11.4. The van der Waals surface area contributed by atoms with Crippen LogP contribution >= 0.6 is 34.8 Å². The summed E-state index contributed by atoms with van der Waals surface area (Å²) in [5.41, 5.74) is 4.96. The van der Waals surface area contributed by atoms with Gasteiger partial charge >= 0.3 is 0 Å². The molecule has 0 saturated heterocycles. The molecule has 0 saturated carbocycles. The molecule has 0 heterocycles. The monoisotopic (exact) mass is 652 g/mol. The number of benzene rings is 4. The highest BCUT2D eigenvalue weighted by molar-refractivity contribution is 7.93. The van der Waals surface area contributed by atoms with Crippen molar-refractivity contribution >= 4 is 78.0 Å². The Labute approximate surface area is 250 Å². The molecule has 15 heteroatoms. The lowest BCUT2D eigenvalue weighted by Gasteiger charge is -2.11. The van der Waals surface area contributed by atoms with Crippen LogP contribution in [0.1, 0.15) is 20.7 Å². The lowest BCUT2D eigenvalue weighted by atomic mass is 10.2. The highest BCUT2D eigenvalue weighted by Gasteiger charge is 2.18. The quantitative estimate of drug-likeness (QED) is 0.189. The summed E-state index contributed by atoms with van der Waals surface area (Å²) in [4.78, 5) is 24.8. The first-order chi connectivity index (χ1) is 19.3. The highest BCUT2D eigenvalue weighted by atomic mass is 35.5. The molecule has 212 valence electrons. The van der Waals surface area contributed by atoms with Gasteiger partial charge in [0.1, 0.15) is 0 Å². The van der Waals surface area contributed by atoms with Crippen molar-refractivity contribution in [2.75, 3.05) is 9.44 Å². The summed E-state index contributed by atoms with van der Waals surface area (Å²) in [6.07, 6.45) is 0. The van der Waals surface area contributed by atoms with E-state index in [9.17, 15) is 26.4 Å². The Morgan fingerprint density at radius 3 is 1.61 bits per heavy atom. The van der Waals surface area contributed by atoms with Crippen LogP contribution in [0.25, 0.3) is 0 Å². The largest absolute Gasteiger partial charge is 0.280 e. The fourth-order valence-corrected chi connectivity index (χ4v) is 6.02. The molecule has 0 aliphatic rings. The minimum Gasteiger partial charge on any atom is -0.280 e. The molecule has 4 aromatic rings. The molecular weight excluding hydrogens is 635 g/mol. The van der Waals surface area contributed by atoms with Crippen molar-refractivity contribution in [2.45, 2.75) is 9.79 Å². The Morgan fingerprint density at radius 2 is 1.05 bits per heavy atom. The van der Waals surface area contributed by atoms with E-state index in [1.165, 1.54) is 84.9 Å². The number of anilines is 2. The van der Waals surface area contributed by atoms with Crippen LogP contribution in [0.5, 0.6) is 0 Å². The van der Waals surface area contributed by atoms with Crippen molar-refractivity contribution in [3.8, 4) is 0 Å². The average molecular weight is 654 g/mol. The lowest BCUT2D eigenvalue weighted by Crippen LogP contribution is -2.41. The zero-order chi connectivity index (χ0) is 29.8. The van der Waals surface area contributed by atoms with E-state index in [-0.39, 0.29) is 42.3 Å². The topological polar surface area (TPSA) is 151 Å². The van der Waals surface area contributed by atoms with Crippen LogP contribution in [0.3, 0.4) is 0 Å². The van der Waals surface area contributed by atoms with Gasteiger partial charge in [-0.15, -0.1) is 0 Å². The van der Waals surface area contributed by atoms with Gasteiger partial charge in [-0.3, -0.25) is 29.9 Å². The van der Waals surface area contributed by atoms with E-state index in [2.05, 4.69) is 20.3 Å². The Balaban J connectivity index is 1.37. The molecule has 2 amide bonds. The van der Waals surface area contributed by atoms with Gasteiger partial charge in [-0.1, -0.05) is 40.9 Å². The van der Waals surface area contributed by atoms with Gasteiger partial charge in [0.2, 0.25) is 0 Å². The molecule has 10 nitrogen and oxygen atoms in total. The van der Waals surface area contributed by atoms with Crippen LogP contribution < -0.4 is 20.3 Å². The molecule has 4 rings (SSSR count). The van der Waals surface area contributed by atoms with Gasteiger partial charge in [-0.25, -0.2) is 16.8 Å². The summed E-state index contributed by atoms with van der Waals surface area (Å²) < 4.78 is 55.4. The van der Waals surface area contributed by atoms with Crippen LogP contribution in [-0.4, -0.2) is 28.6 Å². The summed E-state index contributed by atoms with van der Waals surface area (Å²) >= 11 is 17.6. The molecule has 0 aliphatic carbocycles. The van der Waals surface area contributed by atoms with Crippen molar-refractivity contribution in [2.24, 2.45) is 0 Å². The van der Waals surface area contributed by atoms with Crippen molar-refractivity contribution < 1.29 is 26.4 Å². The Kier molecular flexibility index (Phi) is 9.10. The van der Waals surface area contributed by atoms with E-state index in [0.29, 0.717) is 5.02 Å². The smallest absolute Gasteiger partial charge is 0.269 e. The zero-order valence-electron chi connectivity index (χ0n) is 20.6. The summed E-state index contributed by atoms with van der Waals surface area (Å²) in [6.45, 7) is 0. The number of amides is 2. The first-order valence-electron chi connectivity index (χ1n) is 11.4. The highest BCUT2D eigenvalue weighted by Crippen LogP contribution is 2.26. The maximum absolute atomic E-state index is 12.7. The second kappa shape index (κ2) is 12.4. The number of halogens is 3. The summed E-state index contributed by atoms with van der Waals surface area (Å²) in [5, 5.41) is 0.720. The van der Waals surface area contributed by atoms with E-state index >= 15 is 0 Å². The third kappa shape index (κ3) is 7.69. The van der Waals surface area contributed by atoms with E-state index in [0.717, 1.165) is 6.07 Å². The van der Waals surface area contributed by atoms with E-state index in [1.54, 1.807) is 0 Å². The van der Waals surface area contributed by atoms with Crippen molar-refractivity contribution in [1.82, 2.24) is 10.9 Å². The molecule has 0 atom stereocenters. The summed E-state index contributed by atoms with van der Waals surface area (Å²) in [5.74, 6) is -1.47. The fourth-order valence-electron chi connectivity index (χ4n) is 3.34. The minimum atomic E-state index is -4.02. The third-order valence-corrected chi connectivity index (χ3v) is 9.14. The van der Waals surface area contributed by atoms with Crippen molar-refractivity contribution in [3.05, 3.63) is 117 Å². The third-order valence-electron chi connectivity index (χ3n) is 5.39. The molecule has 0 radical (unpaired) electrons. The molecular formula is C26H19Cl3N4O6S2. The molecule has 41 heavy (non-hydrogen) atoms. The molecule has 0 fully saturated rings. The van der Waals surface area contributed by atoms with Crippen molar-refractivity contribution in [3.63, 3.8) is 0 Å². The lowest BCUT2D eigenvalue weighted by molar-refractivity contribution is 0.0846. The van der Waals surface area contributed by atoms with Gasteiger partial charge in [0.05, 0.1) is 19.8 Å². The molecule has 0 unspecified atom stereocenters. The van der Waals surface area contributed by atoms with Crippen LogP contribution in [-0.2, 0) is 20.0 Å². The van der Waals surface area contributed by atoms with Gasteiger partial charge in [-0.05, 0) is 84.9 Å². The predicted molar refractivity (Wildman–Crippen MR) is 157 cm³/mol. The fraction of sp³-hybridized carbons (Fsp3) is 0. The number of hydrogen-bond acceptors (Lipinski definition) is 6. The SMILES string of the molecule is O=C(NNC(=O)c1cccc(S(=O)(=O)Nc2ccc(Cl)cc2)c1)c1ccc(NS(=O)(=O)c2ccc(Cl)c(Cl)c2)cc1. The number of carbonyl (C=O) groups excluding carboxylic acids is 2. The first kappa shape index (κ1) is 30.2. The number of sulfonamides is 2. The van der Waals surface area contributed by atoms with Crippen LogP contribution in [0.15, 0.2) is 101 Å². The van der Waals surface area contributed by atoms with Gasteiger partial charge in [0.25, 0.3) is 31.9 Å². The van der Waals surface area contributed by atoms with E-state index in [1.807, 2.05) is 0 Å². The second-order valence-electron chi connectivity index (χ2n) is 8.31. The number of rotatable bonds is 8. The average Bonchev–Trinajstić information content (AvgIpc) is 2.94. The van der Waals surface area contributed by atoms with E-state index < -0.39 is 31.9 Å². The van der Waals surface area contributed by atoms with Gasteiger partial charge in [0.15, 0.2) is 0 Å². The van der Waals surface area contributed by atoms with Crippen LogP contribution in [0.2, 0.25) is 15.1 Å². The van der Waals surface area contributed by atoms with Crippen LogP contribution in [0, 0.1) is 0 Å². The second-order valence-corrected chi connectivity index (χ2v) is 12.9. The molecule has 0 aliphatic heterocycles. The molecule has 4 aromatic carbocycles. The number of hydrazine groups is 1. The number of nitrogens with one attached hydrogen (secondary N) is 4. The maximum atomic E-state index is 12.7. The molecule has 0 spiro atoms. The number of hydrogen-bond donors (Lipinski definition) is 4.